The first kappa shape index (κ1) is 28.1. The van der Waals surface area contributed by atoms with Gasteiger partial charge in [0.2, 0.25) is 11.8 Å². The molecule has 0 saturated heterocycles. The summed E-state index contributed by atoms with van der Waals surface area (Å²) in [7, 11) is 0. The van der Waals surface area contributed by atoms with E-state index in [1.165, 1.54) is 11.8 Å². The van der Waals surface area contributed by atoms with Crippen molar-refractivity contribution in [2.75, 3.05) is 17.2 Å². The van der Waals surface area contributed by atoms with Crippen LogP contribution in [0.3, 0.4) is 0 Å². The van der Waals surface area contributed by atoms with Gasteiger partial charge >= 0.3 is 0 Å². The Morgan fingerprint density at radius 3 is 2.62 bits per heavy atom. The third-order valence-electron chi connectivity index (χ3n) is 6.87. The number of aromatic nitrogens is 2. The minimum absolute atomic E-state index is 0.143. The van der Waals surface area contributed by atoms with Crippen molar-refractivity contribution in [3.63, 3.8) is 0 Å². The van der Waals surface area contributed by atoms with Crippen LogP contribution in [0.1, 0.15) is 59.7 Å². The summed E-state index contributed by atoms with van der Waals surface area (Å²) in [6, 6.07) is 17.5. The van der Waals surface area contributed by atoms with E-state index in [2.05, 4.69) is 32.2 Å². The number of carbonyl (C=O) groups is 2. The number of halogens is 1. The van der Waals surface area contributed by atoms with E-state index in [0.717, 1.165) is 33.6 Å². The Balaban J connectivity index is 1.70. The third kappa shape index (κ3) is 5.69. The molecule has 7 nitrogen and oxygen atoms in total. The van der Waals surface area contributed by atoms with E-state index in [-0.39, 0.29) is 41.3 Å². The van der Waals surface area contributed by atoms with Gasteiger partial charge in [0.1, 0.15) is 18.1 Å². The number of benzene rings is 2. The molecule has 0 saturated carbocycles. The quantitative estimate of drug-likeness (QED) is 0.283. The number of anilines is 1. The van der Waals surface area contributed by atoms with Gasteiger partial charge < -0.3 is 9.73 Å². The molecule has 3 heterocycles. The largest absolute Gasteiger partial charge is 0.467 e. The van der Waals surface area contributed by atoms with Crippen LogP contribution in [0.2, 0.25) is 5.02 Å². The summed E-state index contributed by atoms with van der Waals surface area (Å²) >= 11 is 7.97. The first-order valence-corrected chi connectivity index (χ1v) is 14.6. The lowest BCUT2D eigenvalue weighted by Crippen LogP contribution is -2.42. The number of hydrogen-bond donors (Lipinski definition) is 1. The van der Waals surface area contributed by atoms with Crippen LogP contribution in [-0.2, 0) is 21.5 Å². The van der Waals surface area contributed by atoms with E-state index in [9.17, 15) is 9.59 Å². The lowest BCUT2D eigenvalue weighted by Gasteiger charge is -2.25. The van der Waals surface area contributed by atoms with Crippen molar-refractivity contribution in [1.29, 1.82) is 0 Å². The Kier molecular flexibility index (Phi) is 7.84. The number of nitrogens with zero attached hydrogens (tertiary/aromatic N) is 3. The van der Waals surface area contributed by atoms with Crippen LogP contribution in [-0.4, -0.2) is 33.9 Å². The Labute approximate surface area is 243 Å². The molecule has 0 radical (unpaired) electrons. The second-order valence-electron chi connectivity index (χ2n) is 11.1. The van der Waals surface area contributed by atoms with Gasteiger partial charge in [-0.25, -0.2) is 4.68 Å². The van der Waals surface area contributed by atoms with E-state index >= 15 is 0 Å². The molecule has 208 valence electrons. The van der Waals surface area contributed by atoms with Crippen LogP contribution in [0, 0.1) is 13.8 Å². The van der Waals surface area contributed by atoms with E-state index in [0.29, 0.717) is 16.6 Å². The lowest BCUT2D eigenvalue weighted by molar-refractivity contribution is -0.123. The SMILES string of the molecule is Cc1ccc(-n2nc(C(C)(C)C)c3c2N(CC(=O)NCc2ccco2)C(=O)CS[C@H]3c2cccc(Cl)c2)c(C)c1. The van der Waals surface area contributed by atoms with E-state index in [1.54, 1.807) is 23.3 Å². The molecule has 0 bridgehead atoms. The average Bonchev–Trinajstić information content (AvgIpc) is 3.52. The van der Waals surface area contributed by atoms with Gasteiger partial charge in [0.05, 0.1) is 35.2 Å². The highest BCUT2D eigenvalue weighted by Crippen LogP contribution is 2.48. The fraction of sp³-hybridized carbons (Fsp3) is 0.323. The molecule has 2 aromatic heterocycles. The number of hydrogen-bond acceptors (Lipinski definition) is 5. The minimum Gasteiger partial charge on any atom is -0.467 e. The van der Waals surface area contributed by atoms with Crippen LogP contribution >= 0.6 is 23.4 Å². The molecule has 1 N–H and O–H groups in total. The molecule has 1 aliphatic heterocycles. The number of nitrogens with one attached hydrogen (secondary N) is 1. The average molecular weight is 577 g/mol. The number of fused-ring (bicyclic) bond motifs is 1. The van der Waals surface area contributed by atoms with Crippen molar-refractivity contribution in [3.8, 4) is 5.69 Å². The topological polar surface area (TPSA) is 80.4 Å². The zero-order valence-electron chi connectivity index (χ0n) is 23.3. The molecule has 9 heteroatoms. The van der Waals surface area contributed by atoms with Gasteiger partial charge in [-0.2, -0.15) is 5.10 Å². The molecule has 0 spiro atoms. The molecule has 40 heavy (non-hydrogen) atoms. The first-order valence-electron chi connectivity index (χ1n) is 13.2. The van der Waals surface area contributed by atoms with Gasteiger partial charge in [0.25, 0.3) is 0 Å². The second kappa shape index (κ2) is 11.2. The summed E-state index contributed by atoms with van der Waals surface area (Å²) in [6.45, 7) is 10.5. The molecular formula is C31H33ClN4O3S. The van der Waals surface area contributed by atoms with Crippen molar-refractivity contribution in [2.45, 2.75) is 51.8 Å². The van der Waals surface area contributed by atoms with Crippen LogP contribution < -0.4 is 10.2 Å². The maximum Gasteiger partial charge on any atom is 0.240 e. The summed E-state index contributed by atoms with van der Waals surface area (Å²) in [6.07, 6.45) is 1.57. The Bertz CT molecular complexity index is 1560. The molecule has 2 amide bonds. The summed E-state index contributed by atoms with van der Waals surface area (Å²) in [5.74, 6) is 1.02. The highest BCUT2D eigenvalue weighted by molar-refractivity contribution is 8.00. The zero-order chi connectivity index (χ0) is 28.6. The summed E-state index contributed by atoms with van der Waals surface area (Å²) in [5.41, 5.74) is 5.46. The van der Waals surface area contributed by atoms with Crippen LogP contribution in [0.4, 0.5) is 5.82 Å². The van der Waals surface area contributed by atoms with E-state index in [1.807, 2.05) is 54.9 Å². The number of carbonyl (C=O) groups excluding carboxylic acids is 2. The number of furan rings is 1. The predicted molar refractivity (Wildman–Crippen MR) is 160 cm³/mol. The number of aryl methyl sites for hydroxylation is 2. The molecule has 1 atom stereocenters. The molecule has 5 rings (SSSR count). The normalized spacial score (nSPS) is 15.6. The van der Waals surface area contributed by atoms with E-state index in [4.69, 9.17) is 21.1 Å². The molecule has 4 aromatic rings. The Morgan fingerprint density at radius 2 is 1.95 bits per heavy atom. The molecule has 1 aliphatic rings. The zero-order valence-corrected chi connectivity index (χ0v) is 24.9. The van der Waals surface area contributed by atoms with Crippen molar-refractivity contribution in [2.24, 2.45) is 0 Å². The van der Waals surface area contributed by atoms with Gasteiger partial charge in [0, 0.05) is 16.0 Å². The van der Waals surface area contributed by atoms with Gasteiger partial charge in [0.15, 0.2) is 0 Å². The van der Waals surface area contributed by atoms with Gasteiger partial charge in [-0.15, -0.1) is 11.8 Å². The number of rotatable bonds is 6. The Morgan fingerprint density at radius 1 is 1.15 bits per heavy atom. The van der Waals surface area contributed by atoms with Crippen LogP contribution in [0.25, 0.3) is 5.69 Å². The lowest BCUT2D eigenvalue weighted by atomic mass is 9.87. The standard InChI is InChI=1S/C31H33ClN4O3S/c1-19-11-12-24(20(2)14-19)36-30-27(29(34-36)31(3,4)5)28(21-8-6-9-22(32)15-21)40-18-26(38)35(30)17-25(37)33-16-23-10-7-13-39-23/h6-15,28H,16-18H2,1-5H3,(H,33,37)/t28-/m0/s1. The van der Waals surface area contributed by atoms with Crippen molar-refractivity contribution in [1.82, 2.24) is 15.1 Å². The smallest absolute Gasteiger partial charge is 0.240 e. The molecular weight excluding hydrogens is 544 g/mol. The van der Waals surface area contributed by atoms with Gasteiger partial charge in [-0.3, -0.25) is 14.5 Å². The molecule has 0 fully saturated rings. The molecule has 2 aromatic carbocycles. The fourth-order valence-electron chi connectivity index (χ4n) is 5.02. The minimum atomic E-state index is -0.341. The summed E-state index contributed by atoms with van der Waals surface area (Å²) < 4.78 is 7.21. The first-order chi connectivity index (χ1) is 19.0. The van der Waals surface area contributed by atoms with Crippen molar-refractivity contribution < 1.29 is 14.0 Å². The van der Waals surface area contributed by atoms with Crippen molar-refractivity contribution in [3.05, 3.63) is 99.6 Å². The predicted octanol–water partition coefficient (Wildman–Crippen LogP) is 6.52. The van der Waals surface area contributed by atoms with Crippen LogP contribution in [0.5, 0.6) is 0 Å². The highest BCUT2D eigenvalue weighted by Gasteiger charge is 2.40. The second-order valence-corrected chi connectivity index (χ2v) is 12.6. The molecule has 0 aliphatic carbocycles. The van der Waals surface area contributed by atoms with Crippen molar-refractivity contribution >= 4 is 41.0 Å². The number of thioether (sulfide) groups is 1. The maximum absolute atomic E-state index is 13.8. The maximum atomic E-state index is 13.8. The van der Waals surface area contributed by atoms with Gasteiger partial charge in [-0.1, -0.05) is 62.2 Å². The van der Waals surface area contributed by atoms with Gasteiger partial charge in [-0.05, 0) is 55.3 Å². The summed E-state index contributed by atoms with van der Waals surface area (Å²) in [4.78, 5) is 28.6. The molecule has 0 unspecified atom stereocenters. The number of amides is 2. The summed E-state index contributed by atoms with van der Waals surface area (Å²) in [5, 5.41) is 8.48. The van der Waals surface area contributed by atoms with Crippen LogP contribution in [0.15, 0.2) is 65.3 Å². The monoisotopic (exact) mass is 576 g/mol. The Hall–Kier alpha value is -3.49. The van der Waals surface area contributed by atoms with E-state index < -0.39 is 0 Å². The fourth-order valence-corrected chi connectivity index (χ4v) is 6.40. The third-order valence-corrected chi connectivity index (χ3v) is 8.36. The highest BCUT2D eigenvalue weighted by atomic mass is 35.5.